The molecule has 0 saturated carbocycles. The Labute approximate surface area is 116 Å². The van der Waals surface area contributed by atoms with Crippen LogP contribution in [0.15, 0.2) is 10.5 Å². The second kappa shape index (κ2) is 5.83. The number of rotatable bonds is 3. The summed E-state index contributed by atoms with van der Waals surface area (Å²) in [4.78, 5) is 5.38. The van der Waals surface area contributed by atoms with Gasteiger partial charge in [0.15, 0.2) is 0 Å². The molecular formula is C13H21BrN2S. The number of nitrogens with two attached hydrogens (primary N) is 1. The lowest BCUT2D eigenvalue weighted by atomic mass is 9.92. The van der Waals surface area contributed by atoms with E-state index in [4.69, 9.17) is 5.73 Å². The highest BCUT2D eigenvalue weighted by Crippen LogP contribution is 2.28. The van der Waals surface area contributed by atoms with Gasteiger partial charge in [0.2, 0.25) is 0 Å². The maximum absolute atomic E-state index is 6.02. The van der Waals surface area contributed by atoms with Gasteiger partial charge in [-0.15, -0.1) is 11.3 Å². The van der Waals surface area contributed by atoms with E-state index in [2.05, 4.69) is 40.7 Å². The summed E-state index contributed by atoms with van der Waals surface area (Å²) in [7, 11) is 0. The molecule has 17 heavy (non-hydrogen) atoms. The highest BCUT2D eigenvalue weighted by molar-refractivity contribution is 9.10. The molecule has 0 radical (unpaired) electrons. The minimum absolute atomic E-state index is 0.328. The van der Waals surface area contributed by atoms with Crippen molar-refractivity contribution in [2.75, 3.05) is 13.1 Å². The van der Waals surface area contributed by atoms with Crippen LogP contribution in [0.4, 0.5) is 0 Å². The van der Waals surface area contributed by atoms with Gasteiger partial charge >= 0.3 is 0 Å². The summed E-state index contributed by atoms with van der Waals surface area (Å²) in [6.45, 7) is 7.77. The normalized spacial score (nSPS) is 23.9. The summed E-state index contributed by atoms with van der Waals surface area (Å²) < 4.78 is 1.25. The summed E-state index contributed by atoms with van der Waals surface area (Å²) in [6, 6.07) is 2.59. The Kier molecular flexibility index (Phi) is 4.64. The molecule has 1 fully saturated rings. The summed E-state index contributed by atoms with van der Waals surface area (Å²) in [5.41, 5.74) is 6.02. The van der Waals surface area contributed by atoms with Crippen LogP contribution in [-0.2, 0) is 6.54 Å². The van der Waals surface area contributed by atoms with Crippen LogP contribution in [0.25, 0.3) is 0 Å². The molecule has 0 bridgehead atoms. The fourth-order valence-electron chi connectivity index (χ4n) is 2.48. The van der Waals surface area contributed by atoms with Gasteiger partial charge in [0, 0.05) is 33.4 Å². The smallest absolute Gasteiger partial charge is 0.0328 e. The summed E-state index contributed by atoms with van der Waals surface area (Å²) in [5.74, 6) is 0.674. The molecule has 1 aromatic rings. The molecule has 4 heteroatoms. The molecule has 2 nitrogen and oxygen atoms in total. The molecule has 2 heterocycles. The van der Waals surface area contributed by atoms with Crippen molar-refractivity contribution in [3.63, 3.8) is 0 Å². The van der Waals surface area contributed by atoms with Crippen molar-refractivity contribution in [3.8, 4) is 0 Å². The zero-order chi connectivity index (χ0) is 12.4. The van der Waals surface area contributed by atoms with Gasteiger partial charge in [0.25, 0.3) is 0 Å². The van der Waals surface area contributed by atoms with Crippen molar-refractivity contribution in [2.45, 2.75) is 39.3 Å². The SMILES string of the molecule is Cc1sc(CN2CCCC(C(C)N)C2)cc1Br. The Morgan fingerprint density at radius 2 is 2.41 bits per heavy atom. The maximum atomic E-state index is 6.02. The highest BCUT2D eigenvalue weighted by atomic mass is 79.9. The van der Waals surface area contributed by atoms with Crippen LogP contribution in [0, 0.1) is 12.8 Å². The number of piperidine rings is 1. The van der Waals surface area contributed by atoms with Gasteiger partial charge < -0.3 is 5.73 Å². The van der Waals surface area contributed by atoms with Crippen molar-refractivity contribution < 1.29 is 0 Å². The zero-order valence-electron chi connectivity index (χ0n) is 10.6. The number of thiophene rings is 1. The van der Waals surface area contributed by atoms with Crippen LogP contribution in [-0.4, -0.2) is 24.0 Å². The Bertz CT molecular complexity index is 356. The molecule has 0 aliphatic carbocycles. The van der Waals surface area contributed by atoms with Crippen LogP contribution >= 0.6 is 27.3 Å². The molecule has 2 N–H and O–H groups in total. The third kappa shape index (κ3) is 3.53. The second-order valence-corrected chi connectivity index (χ2v) is 7.31. The van der Waals surface area contributed by atoms with E-state index < -0.39 is 0 Å². The van der Waals surface area contributed by atoms with Gasteiger partial charge in [-0.2, -0.15) is 0 Å². The standard InChI is InChI=1S/C13H21BrN2S/c1-9(15)11-4-3-5-16(7-11)8-12-6-13(14)10(2)17-12/h6,9,11H,3-5,7-8,15H2,1-2H3. The van der Waals surface area contributed by atoms with Gasteiger partial charge in [-0.3, -0.25) is 4.90 Å². The molecule has 2 atom stereocenters. The first-order valence-electron chi connectivity index (χ1n) is 6.29. The van der Waals surface area contributed by atoms with E-state index in [9.17, 15) is 0 Å². The van der Waals surface area contributed by atoms with Gasteiger partial charge in [-0.1, -0.05) is 0 Å². The molecule has 0 spiro atoms. The van der Waals surface area contributed by atoms with Crippen LogP contribution < -0.4 is 5.73 Å². The molecule has 0 aromatic carbocycles. The maximum Gasteiger partial charge on any atom is 0.0328 e. The molecule has 2 unspecified atom stereocenters. The van der Waals surface area contributed by atoms with Crippen molar-refractivity contribution in [3.05, 3.63) is 20.3 Å². The van der Waals surface area contributed by atoms with Crippen molar-refractivity contribution >= 4 is 27.3 Å². The fourth-order valence-corrected chi connectivity index (χ4v) is 4.12. The van der Waals surface area contributed by atoms with E-state index in [1.165, 1.54) is 33.6 Å². The molecule has 1 aromatic heterocycles. The predicted molar refractivity (Wildman–Crippen MR) is 78.4 cm³/mol. The molecule has 1 aliphatic heterocycles. The number of nitrogens with zero attached hydrogens (tertiary/aromatic N) is 1. The van der Waals surface area contributed by atoms with E-state index in [0.29, 0.717) is 12.0 Å². The number of hydrogen-bond acceptors (Lipinski definition) is 3. The van der Waals surface area contributed by atoms with Gasteiger partial charge in [0.1, 0.15) is 0 Å². The lowest BCUT2D eigenvalue weighted by Gasteiger charge is -2.34. The monoisotopic (exact) mass is 316 g/mol. The average molecular weight is 317 g/mol. The van der Waals surface area contributed by atoms with E-state index >= 15 is 0 Å². The topological polar surface area (TPSA) is 29.3 Å². The largest absolute Gasteiger partial charge is 0.328 e. The third-order valence-corrected chi connectivity index (χ3v) is 5.69. The molecule has 1 saturated heterocycles. The van der Waals surface area contributed by atoms with Gasteiger partial charge in [-0.05, 0) is 61.1 Å². The number of aryl methyl sites for hydroxylation is 1. The van der Waals surface area contributed by atoms with Crippen molar-refractivity contribution in [1.82, 2.24) is 4.90 Å². The quantitative estimate of drug-likeness (QED) is 0.926. The predicted octanol–water partition coefficient (Wildman–Crippen LogP) is 3.38. The van der Waals surface area contributed by atoms with E-state index in [1.807, 2.05) is 11.3 Å². The third-order valence-electron chi connectivity index (χ3n) is 3.57. The van der Waals surface area contributed by atoms with Crippen molar-refractivity contribution in [2.24, 2.45) is 11.7 Å². The lowest BCUT2D eigenvalue weighted by molar-refractivity contribution is 0.155. The Morgan fingerprint density at radius 3 is 3.00 bits per heavy atom. The lowest BCUT2D eigenvalue weighted by Crippen LogP contribution is -2.41. The van der Waals surface area contributed by atoms with Crippen LogP contribution in [0.2, 0.25) is 0 Å². The molecule has 2 rings (SSSR count). The summed E-state index contributed by atoms with van der Waals surface area (Å²) in [6.07, 6.45) is 2.58. The molecule has 1 aliphatic rings. The first kappa shape index (κ1) is 13.5. The fraction of sp³-hybridized carbons (Fsp3) is 0.692. The van der Waals surface area contributed by atoms with Crippen LogP contribution in [0.3, 0.4) is 0 Å². The minimum Gasteiger partial charge on any atom is -0.328 e. The molecular weight excluding hydrogens is 296 g/mol. The van der Waals surface area contributed by atoms with E-state index in [1.54, 1.807) is 0 Å². The second-order valence-electron chi connectivity index (χ2n) is 5.11. The van der Waals surface area contributed by atoms with Gasteiger partial charge in [-0.25, -0.2) is 0 Å². The highest BCUT2D eigenvalue weighted by Gasteiger charge is 2.22. The van der Waals surface area contributed by atoms with Crippen LogP contribution in [0.5, 0.6) is 0 Å². The zero-order valence-corrected chi connectivity index (χ0v) is 13.0. The van der Waals surface area contributed by atoms with Crippen LogP contribution in [0.1, 0.15) is 29.5 Å². The minimum atomic E-state index is 0.328. The Morgan fingerprint density at radius 1 is 1.65 bits per heavy atom. The van der Waals surface area contributed by atoms with Crippen molar-refractivity contribution in [1.29, 1.82) is 0 Å². The molecule has 96 valence electrons. The van der Waals surface area contributed by atoms with E-state index in [-0.39, 0.29) is 0 Å². The number of halogens is 1. The number of likely N-dealkylation sites (tertiary alicyclic amines) is 1. The van der Waals surface area contributed by atoms with E-state index in [0.717, 1.165) is 13.1 Å². The Hall–Kier alpha value is 0.100. The van der Waals surface area contributed by atoms with Gasteiger partial charge in [0.05, 0.1) is 0 Å². The molecule has 0 amide bonds. The Balaban J connectivity index is 1.94. The number of hydrogen-bond donors (Lipinski definition) is 1. The first-order chi connectivity index (χ1) is 8.06. The average Bonchev–Trinajstić information content (AvgIpc) is 2.58. The summed E-state index contributed by atoms with van der Waals surface area (Å²) in [5, 5.41) is 0. The first-order valence-corrected chi connectivity index (χ1v) is 7.90. The summed E-state index contributed by atoms with van der Waals surface area (Å²) >= 11 is 5.49.